The molecule has 0 aliphatic carbocycles. The highest BCUT2D eigenvalue weighted by atomic mass is 16.5. The summed E-state index contributed by atoms with van der Waals surface area (Å²) in [5.41, 5.74) is 15.2. The summed E-state index contributed by atoms with van der Waals surface area (Å²) in [6.07, 6.45) is -0.0722. The Morgan fingerprint density at radius 3 is 2.55 bits per heavy atom. The van der Waals surface area contributed by atoms with Crippen molar-refractivity contribution in [1.82, 2.24) is 5.32 Å². The molecule has 0 aliphatic rings. The molecule has 3 N–H and O–H groups in total. The predicted molar refractivity (Wildman–Crippen MR) is 115 cm³/mol. The maximum atomic E-state index is 12.2. The molecule has 0 fully saturated rings. The van der Waals surface area contributed by atoms with Crippen LogP contribution in [0, 0.1) is 6.92 Å². The average Bonchev–Trinajstić information content (AvgIpc) is 2.74. The topological polar surface area (TPSA) is 162 Å². The van der Waals surface area contributed by atoms with Crippen LogP contribution in [0.4, 0.5) is 5.69 Å². The van der Waals surface area contributed by atoms with Gasteiger partial charge in [0.2, 0.25) is 5.91 Å². The van der Waals surface area contributed by atoms with Gasteiger partial charge in [-0.3, -0.25) is 4.79 Å². The third-order valence-corrected chi connectivity index (χ3v) is 4.36. The number of nitrogen functional groups attached to an aromatic ring is 1. The summed E-state index contributed by atoms with van der Waals surface area (Å²) < 4.78 is 21.2. The van der Waals surface area contributed by atoms with Crippen molar-refractivity contribution >= 4 is 22.6 Å². The fourth-order valence-electron chi connectivity index (χ4n) is 2.79. The summed E-state index contributed by atoms with van der Waals surface area (Å²) in [6.45, 7) is 4.68. The molecule has 2 aromatic rings. The number of nitrogens with one attached hydrogen (secondary N) is 1. The molecule has 1 amide bonds. The summed E-state index contributed by atoms with van der Waals surface area (Å²) in [5.74, 6) is -0.289. The lowest BCUT2D eigenvalue weighted by molar-refractivity contribution is -0.120. The van der Waals surface area contributed by atoms with E-state index in [2.05, 4.69) is 15.3 Å². The van der Waals surface area contributed by atoms with Crippen LogP contribution in [0.15, 0.2) is 32.5 Å². The van der Waals surface area contributed by atoms with Gasteiger partial charge in [-0.05, 0) is 30.2 Å². The van der Waals surface area contributed by atoms with Gasteiger partial charge in [0.1, 0.15) is 5.58 Å². The molecule has 0 unspecified atom stereocenters. The summed E-state index contributed by atoms with van der Waals surface area (Å²) in [4.78, 5) is 27.0. The molecule has 0 saturated carbocycles. The van der Waals surface area contributed by atoms with E-state index < -0.39 is 5.63 Å². The number of rotatable bonds is 14. The fourth-order valence-corrected chi connectivity index (χ4v) is 2.79. The summed E-state index contributed by atoms with van der Waals surface area (Å²) in [7, 11) is 0. The molecule has 0 atom stereocenters. The van der Waals surface area contributed by atoms with Gasteiger partial charge in [-0.15, -0.1) is 0 Å². The normalized spacial score (nSPS) is 10.7. The van der Waals surface area contributed by atoms with Crippen molar-refractivity contribution in [3.8, 4) is 0 Å². The fraction of sp³-hybridized carbons (Fsp3) is 0.500. The van der Waals surface area contributed by atoms with E-state index in [9.17, 15) is 9.59 Å². The van der Waals surface area contributed by atoms with Gasteiger partial charge in [0.15, 0.2) is 0 Å². The Balaban J connectivity index is 1.61. The first-order valence-corrected chi connectivity index (χ1v) is 9.85. The lowest BCUT2D eigenvalue weighted by atomic mass is 10.0. The monoisotopic (exact) mass is 433 g/mol. The van der Waals surface area contributed by atoms with Crippen molar-refractivity contribution in [2.75, 3.05) is 58.5 Å². The Bertz CT molecular complexity index is 970. The Hall–Kier alpha value is -3.11. The number of ether oxygens (including phenoxy) is 3. The molecule has 0 saturated heterocycles. The highest BCUT2D eigenvalue weighted by molar-refractivity contribution is 5.86. The SMILES string of the molecule is Cc1c(CC(=O)NCCOCCOCCOCCN=[N+]=[N-])c(=O)oc2cc(N)ccc12. The first kappa shape index (κ1) is 24.2. The minimum Gasteiger partial charge on any atom is -0.422 e. The van der Waals surface area contributed by atoms with E-state index in [0.29, 0.717) is 75.1 Å². The molecule has 11 nitrogen and oxygen atoms in total. The van der Waals surface area contributed by atoms with Crippen molar-refractivity contribution in [2.45, 2.75) is 13.3 Å². The van der Waals surface area contributed by atoms with Crippen molar-refractivity contribution < 1.29 is 23.4 Å². The number of aryl methyl sites for hydroxylation is 1. The van der Waals surface area contributed by atoms with Crippen molar-refractivity contribution in [3.63, 3.8) is 0 Å². The molecule has 11 heteroatoms. The second-order valence-electron chi connectivity index (χ2n) is 6.57. The minimum atomic E-state index is -0.541. The molecule has 0 spiro atoms. The predicted octanol–water partition coefficient (Wildman–Crippen LogP) is 1.70. The standard InChI is InChI=1S/C20H27N5O6/c1-14-16-3-2-15(21)12-18(16)31-20(27)17(14)13-19(26)23-4-6-28-8-10-30-11-9-29-7-5-24-25-22/h2-3,12H,4-11,13,21H2,1H3,(H,23,26). The van der Waals surface area contributed by atoms with Crippen LogP contribution in [-0.4, -0.2) is 58.6 Å². The molecule has 1 heterocycles. The van der Waals surface area contributed by atoms with E-state index in [1.54, 1.807) is 25.1 Å². The molecule has 0 bridgehead atoms. The zero-order valence-corrected chi connectivity index (χ0v) is 17.5. The van der Waals surface area contributed by atoms with Gasteiger partial charge in [0, 0.05) is 35.1 Å². The van der Waals surface area contributed by atoms with Gasteiger partial charge >= 0.3 is 5.63 Å². The van der Waals surface area contributed by atoms with E-state index in [1.807, 2.05) is 0 Å². The van der Waals surface area contributed by atoms with Crippen LogP contribution in [0.5, 0.6) is 0 Å². The smallest absolute Gasteiger partial charge is 0.340 e. The number of azide groups is 1. The maximum Gasteiger partial charge on any atom is 0.340 e. The lowest BCUT2D eigenvalue weighted by Crippen LogP contribution is -2.30. The zero-order chi connectivity index (χ0) is 22.5. The number of hydrogen-bond donors (Lipinski definition) is 2. The van der Waals surface area contributed by atoms with Crippen LogP contribution in [-0.2, 0) is 25.4 Å². The summed E-state index contributed by atoms with van der Waals surface area (Å²) >= 11 is 0. The molecule has 2 rings (SSSR count). The van der Waals surface area contributed by atoms with Crippen LogP contribution < -0.4 is 16.7 Å². The number of benzene rings is 1. The van der Waals surface area contributed by atoms with Gasteiger partial charge in [-0.2, -0.15) is 0 Å². The van der Waals surface area contributed by atoms with E-state index in [4.69, 9.17) is 29.9 Å². The summed E-state index contributed by atoms with van der Waals surface area (Å²) in [6, 6.07) is 5.09. The minimum absolute atomic E-state index is 0.0722. The van der Waals surface area contributed by atoms with Crippen molar-refractivity contribution in [1.29, 1.82) is 0 Å². The molecule has 168 valence electrons. The van der Waals surface area contributed by atoms with Gasteiger partial charge in [-0.25, -0.2) is 4.79 Å². The quantitative estimate of drug-likeness (QED) is 0.114. The van der Waals surface area contributed by atoms with Gasteiger partial charge in [0.05, 0.1) is 51.6 Å². The third-order valence-electron chi connectivity index (χ3n) is 4.36. The number of nitrogens with two attached hydrogens (primary N) is 1. The van der Waals surface area contributed by atoms with Gasteiger partial charge < -0.3 is 29.7 Å². The highest BCUT2D eigenvalue weighted by Crippen LogP contribution is 2.21. The zero-order valence-electron chi connectivity index (χ0n) is 17.5. The number of anilines is 1. The largest absolute Gasteiger partial charge is 0.422 e. The van der Waals surface area contributed by atoms with E-state index in [-0.39, 0.29) is 12.3 Å². The van der Waals surface area contributed by atoms with Crippen molar-refractivity contribution in [3.05, 3.63) is 50.2 Å². The third kappa shape index (κ3) is 8.27. The average molecular weight is 433 g/mol. The molecule has 1 aromatic heterocycles. The number of fused-ring (bicyclic) bond motifs is 1. The van der Waals surface area contributed by atoms with Gasteiger partial charge in [-0.1, -0.05) is 5.11 Å². The molecule has 0 radical (unpaired) electrons. The first-order chi connectivity index (χ1) is 15.0. The van der Waals surface area contributed by atoms with E-state index >= 15 is 0 Å². The molecule has 1 aromatic carbocycles. The summed E-state index contributed by atoms with van der Waals surface area (Å²) in [5, 5.41) is 6.82. The van der Waals surface area contributed by atoms with Crippen LogP contribution in [0.25, 0.3) is 21.4 Å². The Labute approximate surface area is 179 Å². The Kier molecular flexibility index (Phi) is 10.3. The van der Waals surface area contributed by atoms with E-state index in [1.165, 1.54) is 0 Å². The molecular weight excluding hydrogens is 406 g/mol. The molecule has 0 aliphatic heterocycles. The Morgan fingerprint density at radius 2 is 1.84 bits per heavy atom. The van der Waals surface area contributed by atoms with Crippen molar-refractivity contribution in [2.24, 2.45) is 5.11 Å². The molecule has 31 heavy (non-hydrogen) atoms. The number of amides is 1. The number of nitrogens with zero attached hydrogens (tertiary/aromatic N) is 3. The van der Waals surface area contributed by atoms with Gasteiger partial charge in [0.25, 0.3) is 0 Å². The number of carbonyl (C=O) groups is 1. The van der Waals surface area contributed by atoms with Crippen LogP contribution in [0.2, 0.25) is 0 Å². The van der Waals surface area contributed by atoms with Crippen LogP contribution in [0.3, 0.4) is 0 Å². The highest BCUT2D eigenvalue weighted by Gasteiger charge is 2.14. The second kappa shape index (κ2) is 13.2. The van der Waals surface area contributed by atoms with E-state index in [0.717, 1.165) is 5.39 Å². The Morgan fingerprint density at radius 1 is 1.16 bits per heavy atom. The first-order valence-electron chi connectivity index (χ1n) is 9.85. The lowest BCUT2D eigenvalue weighted by Gasteiger charge is -2.09. The number of hydrogen-bond acceptors (Lipinski definition) is 8. The van der Waals surface area contributed by atoms with Crippen LogP contribution in [0.1, 0.15) is 11.1 Å². The maximum absolute atomic E-state index is 12.2. The number of carbonyl (C=O) groups excluding carboxylic acids is 1. The van der Waals surface area contributed by atoms with Crippen LogP contribution >= 0.6 is 0 Å². The molecular formula is C20H27N5O6. The second-order valence-corrected chi connectivity index (χ2v) is 6.57.